The van der Waals surface area contributed by atoms with Crippen LogP contribution in [0.2, 0.25) is 0 Å². The Morgan fingerprint density at radius 3 is 3.07 bits per heavy atom. The minimum absolute atomic E-state index is 0.207. The zero-order chi connectivity index (χ0) is 10.3. The van der Waals surface area contributed by atoms with Gasteiger partial charge in [-0.25, -0.2) is 9.99 Å². The summed E-state index contributed by atoms with van der Waals surface area (Å²) in [6, 6.07) is 1.94. The van der Waals surface area contributed by atoms with Crippen molar-refractivity contribution in [1.29, 1.82) is 5.26 Å². The highest BCUT2D eigenvalue weighted by molar-refractivity contribution is 5.54. The monoisotopic (exact) mass is 197 g/mol. The van der Waals surface area contributed by atoms with E-state index in [1.165, 1.54) is 0 Å². The molecule has 2 aliphatic rings. The Bertz CT molecular complexity index is 511. The van der Waals surface area contributed by atoms with E-state index in [1.807, 2.05) is 40.6 Å². The van der Waals surface area contributed by atoms with E-state index in [9.17, 15) is 0 Å². The molecule has 0 N–H and O–H groups in total. The van der Waals surface area contributed by atoms with Crippen molar-refractivity contribution in [1.82, 2.24) is 15.0 Å². The third-order valence-electron chi connectivity index (χ3n) is 2.36. The maximum absolute atomic E-state index is 8.73. The van der Waals surface area contributed by atoms with Crippen LogP contribution >= 0.6 is 0 Å². The minimum atomic E-state index is 0.207. The van der Waals surface area contributed by atoms with E-state index >= 15 is 0 Å². The van der Waals surface area contributed by atoms with Crippen LogP contribution in [-0.2, 0) is 6.54 Å². The van der Waals surface area contributed by atoms with E-state index in [0.29, 0.717) is 0 Å². The van der Waals surface area contributed by atoms with Crippen molar-refractivity contribution < 1.29 is 0 Å². The predicted octanol–water partition coefficient (Wildman–Crippen LogP) is 0.926. The third-order valence-corrected chi connectivity index (χ3v) is 2.36. The molecular weight excluding hydrogens is 190 g/mol. The molecule has 15 heavy (non-hydrogen) atoms. The van der Waals surface area contributed by atoms with Crippen LogP contribution in [0.15, 0.2) is 30.7 Å². The molecule has 0 bridgehead atoms. The molecule has 3 rings (SSSR count). The Labute approximate surface area is 86.6 Å². The lowest BCUT2D eigenvalue weighted by Crippen LogP contribution is -2.30. The Morgan fingerprint density at radius 2 is 2.20 bits per heavy atom. The molecule has 0 radical (unpaired) electrons. The minimum Gasteiger partial charge on any atom is -0.283 e. The number of rotatable bonds is 0. The molecule has 0 aromatic carbocycles. The fourth-order valence-electron chi connectivity index (χ4n) is 1.69. The Balaban J connectivity index is 2.11. The first-order chi connectivity index (χ1) is 7.38. The second-order valence-corrected chi connectivity index (χ2v) is 3.28. The summed E-state index contributed by atoms with van der Waals surface area (Å²) in [6.45, 7) is 0.752. The SMILES string of the molecule is N#Cc1ncc2c(n1)N1C=CC=CN1C2. The van der Waals surface area contributed by atoms with Gasteiger partial charge in [0.1, 0.15) is 6.07 Å². The summed E-state index contributed by atoms with van der Waals surface area (Å²) in [5.74, 6) is 1.00. The topological polar surface area (TPSA) is 56.1 Å². The molecule has 2 aliphatic heterocycles. The number of fused-ring (bicyclic) bond motifs is 3. The van der Waals surface area contributed by atoms with Gasteiger partial charge in [0.15, 0.2) is 5.82 Å². The first kappa shape index (κ1) is 8.00. The summed E-state index contributed by atoms with van der Waals surface area (Å²) in [6.07, 6.45) is 9.48. The van der Waals surface area contributed by atoms with E-state index < -0.39 is 0 Å². The summed E-state index contributed by atoms with van der Waals surface area (Å²) in [4.78, 5) is 8.14. The molecule has 0 aliphatic carbocycles. The van der Waals surface area contributed by atoms with E-state index in [0.717, 1.165) is 17.9 Å². The van der Waals surface area contributed by atoms with Crippen molar-refractivity contribution in [3.05, 3.63) is 42.1 Å². The summed E-state index contributed by atoms with van der Waals surface area (Å²) >= 11 is 0. The molecule has 3 heterocycles. The van der Waals surface area contributed by atoms with Crippen molar-refractivity contribution in [2.24, 2.45) is 0 Å². The van der Waals surface area contributed by atoms with E-state index in [1.54, 1.807) is 6.20 Å². The van der Waals surface area contributed by atoms with E-state index in [2.05, 4.69) is 9.97 Å². The van der Waals surface area contributed by atoms with Gasteiger partial charge in [-0.2, -0.15) is 10.2 Å². The van der Waals surface area contributed by atoms with Crippen molar-refractivity contribution in [3.8, 4) is 6.07 Å². The van der Waals surface area contributed by atoms with Crippen LogP contribution in [0.1, 0.15) is 11.4 Å². The van der Waals surface area contributed by atoms with Gasteiger partial charge >= 0.3 is 0 Å². The second-order valence-electron chi connectivity index (χ2n) is 3.28. The molecule has 0 fully saturated rings. The number of allylic oxidation sites excluding steroid dienone is 2. The average Bonchev–Trinajstić information content (AvgIpc) is 2.66. The van der Waals surface area contributed by atoms with Crippen molar-refractivity contribution >= 4 is 5.82 Å². The van der Waals surface area contributed by atoms with E-state index in [-0.39, 0.29) is 5.82 Å². The zero-order valence-electron chi connectivity index (χ0n) is 7.83. The molecule has 0 unspecified atom stereocenters. The molecule has 0 atom stereocenters. The van der Waals surface area contributed by atoms with Crippen LogP contribution in [0.25, 0.3) is 0 Å². The Kier molecular flexibility index (Phi) is 1.50. The van der Waals surface area contributed by atoms with Crippen molar-refractivity contribution in [2.75, 3.05) is 5.01 Å². The predicted molar refractivity (Wildman–Crippen MR) is 53.0 cm³/mol. The van der Waals surface area contributed by atoms with E-state index in [4.69, 9.17) is 5.26 Å². The van der Waals surface area contributed by atoms with Crippen molar-refractivity contribution in [2.45, 2.75) is 6.54 Å². The lowest BCUT2D eigenvalue weighted by Gasteiger charge is -2.26. The smallest absolute Gasteiger partial charge is 0.234 e. The highest BCUT2D eigenvalue weighted by Gasteiger charge is 2.26. The number of hydrogen-bond acceptors (Lipinski definition) is 5. The normalized spacial score (nSPS) is 16.2. The molecule has 5 heteroatoms. The van der Waals surface area contributed by atoms with Crippen LogP contribution in [0.3, 0.4) is 0 Å². The summed E-state index contributed by atoms with van der Waals surface area (Å²) in [5.41, 5.74) is 1.03. The number of nitriles is 1. The van der Waals surface area contributed by atoms with Crippen molar-refractivity contribution in [3.63, 3.8) is 0 Å². The quantitative estimate of drug-likeness (QED) is 0.619. The molecule has 72 valence electrons. The summed E-state index contributed by atoms with van der Waals surface area (Å²) in [5, 5.41) is 12.7. The first-order valence-electron chi connectivity index (χ1n) is 4.55. The van der Waals surface area contributed by atoms with Gasteiger partial charge in [0, 0.05) is 24.2 Å². The van der Waals surface area contributed by atoms with Crippen LogP contribution in [0, 0.1) is 11.3 Å². The Morgan fingerprint density at radius 1 is 1.33 bits per heavy atom. The standard InChI is InChI=1S/C10H7N5/c11-5-9-12-6-8-7-14-3-1-2-4-15(14)10(8)13-9/h1-4,6H,7H2. The van der Waals surface area contributed by atoms with Gasteiger partial charge in [0.2, 0.25) is 5.82 Å². The van der Waals surface area contributed by atoms with Gasteiger partial charge in [-0.05, 0) is 12.2 Å². The van der Waals surface area contributed by atoms with Crippen LogP contribution in [0.5, 0.6) is 0 Å². The van der Waals surface area contributed by atoms with Crippen LogP contribution in [-0.4, -0.2) is 15.0 Å². The summed E-state index contributed by atoms with van der Waals surface area (Å²) < 4.78 is 0. The lowest BCUT2D eigenvalue weighted by atomic mass is 10.3. The van der Waals surface area contributed by atoms with Gasteiger partial charge in [-0.15, -0.1) is 0 Å². The molecule has 0 amide bonds. The maximum atomic E-state index is 8.73. The molecule has 0 spiro atoms. The number of anilines is 1. The highest BCUT2D eigenvalue weighted by Crippen LogP contribution is 2.30. The van der Waals surface area contributed by atoms with Gasteiger partial charge in [0.25, 0.3) is 0 Å². The molecule has 1 aromatic heterocycles. The third kappa shape index (κ3) is 1.08. The molecule has 0 saturated carbocycles. The number of hydrazine groups is 1. The fraction of sp³-hybridized carbons (Fsp3) is 0.100. The Hall–Kier alpha value is -2.35. The average molecular weight is 197 g/mol. The van der Waals surface area contributed by atoms with Gasteiger partial charge in [0.05, 0.1) is 6.54 Å². The van der Waals surface area contributed by atoms with Gasteiger partial charge in [-0.1, -0.05) is 0 Å². The summed E-state index contributed by atoms with van der Waals surface area (Å²) in [7, 11) is 0. The largest absolute Gasteiger partial charge is 0.283 e. The first-order valence-corrected chi connectivity index (χ1v) is 4.55. The van der Waals surface area contributed by atoms with Crippen LogP contribution < -0.4 is 5.01 Å². The number of hydrogen-bond donors (Lipinski definition) is 0. The second kappa shape index (κ2) is 2.82. The maximum Gasteiger partial charge on any atom is 0.234 e. The zero-order valence-corrected chi connectivity index (χ0v) is 7.83. The molecule has 1 aromatic rings. The van der Waals surface area contributed by atoms with Gasteiger partial charge < -0.3 is 0 Å². The highest BCUT2D eigenvalue weighted by atomic mass is 15.6. The van der Waals surface area contributed by atoms with Crippen LogP contribution in [0.4, 0.5) is 5.82 Å². The fourth-order valence-corrected chi connectivity index (χ4v) is 1.69. The number of nitrogens with zero attached hydrogens (tertiary/aromatic N) is 5. The molecule has 5 nitrogen and oxygen atoms in total. The lowest BCUT2D eigenvalue weighted by molar-refractivity contribution is 0.398. The molecular formula is C10H7N5. The molecule has 0 saturated heterocycles. The van der Waals surface area contributed by atoms with Gasteiger partial charge in [-0.3, -0.25) is 5.01 Å². The number of aromatic nitrogens is 2.